The third-order valence-electron chi connectivity index (χ3n) is 4.45. The van der Waals surface area contributed by atoms with Gasteiger partial charge in [0.25, 0.3) is 0 Å². The fraction of sp³-hybridized carbons (Fsp3) is 0.650. The Balaban J connectivity index is 0.00000338. The Morgan fingerprint density at radius 1 is 1.27 bits per heavy atom. The van der Waals surface area contributed by atoms with E-state index in [9.17, 15) is 0 Å². The zero-order valence-corrected chi connectivity index (χ0v) is 18.7. The highest BCUT2D eigenvalue weighted by molar-refractivity contribution is 14.0. The van der Waals surface area contributed by atoms with Gasteiger partial charge in [0.05, 0.1) is 6.61 Å². The molecule has 148 valence electrons. The molecule has 1 heterocycles. The number of benzene rings is 1. The predicted molar refractivity (Wildman–Crippen MR) is 120 cm³/mol. The molecule has 0 aromatic heterocycles. The van der Waals surface area contributed by atoms with Crippen LogP contribution in [0.25, 0.3) is 0 Å². The Morgan fingerprint density at radius 2 is 2.04 bits per heavy atom. The predicted octanol–water partition coefficient (Wildman–Crippen LogP) is 3.11. The number of halogens is 1. The molecule has 0 amide bonds. The van der Waals surface area contributed by atoms with Crippen LogP contribution in [-0.2, 0) is 11.3 Å². The smallest absolute Gasteiger partial charge is 0.191 e. The van der Waals surface area contributed by atoms with Crippen molar-refractivity contribution in [2.45, 2.75) is 39.3 Å². The van der Waals surface area contributed by atoms with E-state index in [0.717, 1.165) is 32.2 Å². The van der Waals surface area contributed by atoms with Gasteiger partial charge in [0.15, 0.2) is 5.96 Å². The molecule has 0 bridgehead atoms. The highest BCUT2D eigenvalue weighted by Gasteiger charge is 2.24. The minimum atomic E-state index is 0. The minimum absolute atomic E-state index is 0. The number of guanidine groups is 1. The summed E-state index contributed by atoms with van der Waals surface area (Å²) in [5.74, 6) is 1.44. The molecule has 2 rings (SSSR count). The highest BCUT2D eigenvalue weighted by Crippen LogP contribution is 2.19. The number of nitrogens with one attached hydrogen (secondary N) is 2. The van der Waals surface area contributed by atoms with Crippen molar-refractivity contribution in [3.8, 4) is 0 Å². The first-order valence-electron chi connectivity index (χ1n) is 9.49. The largest absolute Gasteiger partial charge is 0.379 e. The quantitative estimate of drug-likeness (QED) is 0.250. The molecule has 0 saturated carbocycles. The number of nitrogens with zero attached hydrogens (tertiary/aromatic N) is 2. The Bertz CT molecular complexity index is 510. The second-order valence-electron chi connectivity index (χ2n) is 7.10. The van der Waals surface area contributed by atoms with Crippen LogP contribution in [-0.4, -0.2) is 56.8 Å². The molecule has 1 aliphatic rings. The Labute approximate surface area is 176 Å². The molecule has 1 fully saturated rings. The molecule has 1 aliphatic heterocycles. The van der Waals surface area contributed by atoms with E-state index in [2.05, 4.69) is 64.7 Å². The van der Waals surface area contributed by atoms with Gasteiger partial charge in [0.2, 0.25) is 0 Å². The molecule has 0 radical (unpaired) electrons. The summed E-state index contributed by atoms with van der Waals surface area (Å²) in [7, 11) is 1.82. The lowest BCUT2D eigenvalue weighted by molar-refractivity contribution is 0.114. The molecule has 5 nitrogen and oxygen atoms in total. The summed E-state index contributed by atoms with van der Waals surface area (Å²) in [5.41, 5.74) is 1.39. The molecule has 1 saturated heterocycles. The molecule has 2 N–H and O–H groups in total. The summed E-state index contributed by atoms with van der Waals surface area (Å²) >= 11 is 0. The Hall–Kier alpha value is -0.860. The molecule has 0 aliphatic carbocycles. The Morgan fingerprint density at radius 3 is 2.73 bits per heavy atom. The van der Waals surface area contributed by atoms with Crippen molar-refractivity contribution in [1.82, 2.24) is 15.5 Å². The molecule has 26 heavy (non-hydrogen) atoms. The van der Waals surface area contributed by atoms with Crippen LogP contribution in [0, 0.1) is 5.92 Å². The summed E-state index contributed by atoms with van der Waals surface area (Å²) in [6.07, 6.45) is 2.52. The standard InChI is InChI=1S/C20H34N4O.HI/c1-17(2)16-25-13-11-22-20(21-3)23-14-19-10-7-12-24(19)15-18-8-5-4-6-9-18;/h4-6,8-9,17,19H,7,10-16H2,1-3H3,(H2,21,22,23);1H. The molecular formula is C20H35IN4O. The van der Waals surface area contributed by atoms with Gasteiger partial charge in [-0.3, -0.25) is 9.89 Å². The van der Waals surface area contributed by atoms with Crippen LogP contribution in [0.3, 0.4) is 0 Å². The fourth-order valence-corrected chi connectivity index (χ4v) is 3.15. The molecule has 1 atom stereocenters. The average Bonchev–Trinajstić information content (AvgIpc) is 3.05. The second kappa shape index (κ2) is 13.3. The molecule has 6 heteroatoms. The van der Waals surface area contributed by atoms with Gasteiger partial charge in [-0.1, -0.05) is 44.2 Å². The van der Waals surface area contributed by atoms with E-state index >= 15 is 0 Å². The van der Waals surface area contributed by atoms with Gasteiger partial charge >= 0.3 is 0 Å². The minimum Gasteiger partial charge on any atom is -0.379 e. The van der Waals surface area contributed by atoms with E-state index in [0.29, 0.717) is 18.6 Å². The van der Waals surface area contributed by atoms with Crippen LogP contribution >= 0.6 is 24.0 Å². The third kappa shape index (κ3) is 8.68. The molecule has 1 aromatic rings. The first kappa shape index (κ1) is 23.2. The molecule has 1 aromatic carbocycles. The van der Waals surface area contributed by atoms with Gasteiger partial charge in [-0.15, -0.1) is 24.0 Å². The highest BCUT2D eigenvalue weighted by atomic mass is 127. The number of hydrogen-bond donors (Lipinski definition) is 2. The molecular weight excluding hydrogens is 439 g/mol. The third-order valence-corrected chi connectivity index (χ3v) is 4.45. The monoisotopic (exact) mass is 474 g/mol. The fourth-order valence-electron chi connectivity index (χ4n) is 3.15. The maximum Gasteiger partial charge on any atom is 0.191 e. The zero-order chi connectivity index (χ0) is 17.9. The maximum atomic E-state index is 5.60. The van der Waals surface area contributed by atoms with Crippen molar-refractivity contribution in [3.63, 3.8) is 0 Å². The number of rotatable bonds is 9. The van der Waals surface area contributed by atoms with Crippen LogP contribution in [0.1, 0.15) is 32.3 Å². The van der Waals surface area contributed by atoms with Crippen LogP contribution in [0.2, 0.25) is 0 Å². The SMILES string of the molecule is CN=C(NCCOCC(C)C)NCC1CCCN1Cc1ccccc1.I. The van der Waals surface area contributed by atoms with Crippen LogP contribution in [0.15, 0.2) is 35.3 Å². The summed E-state index contributed by atoms with van der Waals surface area (Å²) in [4.78, 5) is 6.88. The number of likely N-dealkylation sites (tertiary alicyclic amines) is 1. The van der Waals surface area contributed by atoms with Crippen molar-refractivity contribution in [1.29, 1.82) is 0 Å². The van der Waals surface area contributed by atoms with E-state index in [4.69, 9.17) is 4.74 Å². The lowest BCUT2D eigenvalue weighted by Gasteiger charge is -2.25. The van der Waals surface area contributed by atoms with Gasteiger partial charge < -0.3 is 15.4 Å². The average molecular weight is 474 g/mol. The van der Waals surface area contributed by atoms with Gasteiger partial charge in [0, 0.05) is 39.3 Å². The van der Waals surface area contributed by atoms with Gasteiger partial charge in [-0.05, 0) is 30.9 Å². The van der Waals surface area contributed by atoms with E-state index in [-0.39, 0.29) is 24.0 Å². The summed E-state index contributed by atoms with van der Waals surface area (Å²) in [5, 5.41) is 6.80. The second-order valence-corrected chi connectivity index (χ2v) is 7.10. The Kier molecular flexibility index (Phi) is 11.9. The zero-order valence-electron chi connectivity index (χ0n) is 16.4. The van der Waals surface area contributed by atoms with Crippen molar-refractivity contribution in [2.24, 2.45) is 10.9 Å². The topological polar surface area (TPSA) is 48.9 Å². The van der Waals surface area contributed by atoms with Crippen LogP contribution < -0.4 is 10.6 Å². The summed E-state index contributed by atoms with van der Waals surface area (Å²) in [6.45, 7) is 9.77. The van der Waals surface area contributed by atoms with Crippen LogP contribution in [0.4, 0.5) is 0 Å². The molecule has 0 spiro atoms. The van der Waals surface area contributed by atoms with Crippen molar-refractivity contribution in [3.05, 3.63) is 35.9 Å². The summed E-state index contributed by atoms with van der Waals surface area (Å²) in [6, 6.07) is 11.3. The summed E-state index contributed by atoms with van der Waals surface area (Å²) < 4.78 is 5.60. The lowest BCUT2D eigenvalue weighted by Crippen LogP contribution is -2.45. The van der Waals surface area contributed by atoms with E-state index < -0.39 is 0 Å². The number of aliphatic imine (C=N–C) groups is 1. The van der Waals surface area contributed by atoms with E-state index in [1.54, 1.807) is 0 Å². The normalized spacial score (nSPS) is 18.0. The van der Waals surface area contributed by atoms with Crippen LogP contribution in [0.5, 0.6) is 0 Å². The number of ether oxygens (including phenoxy) is 1. The van der Waals surface area contributed by atoms with Gasteiger partial charge in [-0.2, -0.15) is 0 Å². The van der Waals surface area contributed by atoms with Gasteiger partial charge in [-0.25, -0.2) is 0 Å². The van der Waals surface area contributed by atoms with Crippen molar-refractivity contribution >= 4 is 29.9 Å². The first-order chi connectivity index (χ1) is 12.2. The molecule has 1 unspecified atom stereocenters. The van der Waals surface area contributed by atoms with E-state index in [1.807, 2.05) is 7.05 Å². The first-order valence-corrected chi connectivity index (χ1v) is 9.49. The lowest BCUT2D eigenvalue weighted by atomic mass is 10.2. The number of hydrogen-bond acceptors (Lipinski definition) is 3. The van der Waals surface area contributed by atoms with Crippen molar-refractivity contribution < 1.29 is 4.74 Å². The van der Waals surface area contributed by atoms with Gasteiger partial charge in [0.1, 0.15) is 0 Å². The maximum absolute atomic E-state index is 5.60. The van der Waals surface area contributed by atoms with Crippen molar-refractivity contribution in [2.75, 3.05) is 39.9 Å². The van der Waals surface area contributed by atoms with E-state index in [1.165, 1.54) is 24.9 Å².